The average Bonchev–Trinajstić information content (AvgIpc) is 2.27. The summed E-state index contributed by atoms with van der Waals surface area (Å²) in [7, 11) is 0. The van der Waals surface area contributed by atoms with Crippen molar-refractivity contribution in [3.8, 4) is 0 Å². The molecule has 0 aliphatic carbocycles. The molecule has 0 spiro atoms. The second-order valence-corrected chi connectivity index (χ2v) is 5.34. The molecule has 1 atom stereocenters. The van der Waals surface area contributed by atoms with E-state index in [0.29, 0.717) is 0 Å². The summed E-state index contributed by atoms with van der Waals surface area (Å²) in [6.07, 6.45) is 0. The van der Waals surface area contributed by atoms with Crippen LogP contribution in [-0.4, -0.2) is 5.12 Å². The van der Waals surface area contributed by atoms with Gasteiger partial charge in [0.25, 0.3) is 0 Å². The summed E-state index contributed by atoms with van der Waals surface area (Å²) in [6, 6.07) is 14.5. The third kappa shape index (κ3) is 2.27. The fraction of sp³-hybridized carbons (Fsp3) is 0.214. The van der Waals surface area contributed by atoms with Crippen molar-refractivity contribution in [1.82, 2.24) is 0 Å². The zero-order chi connectivity index (χ0) is 11.5. The first-order chi connectivity index (χ1) is 7.68. The van der Waals surface area contributed by atoms with E-state index in [9.17, 15) is 4.79 Å². The summed E-state index contributed by atoms with van der Waals surface area (Å²) >= 11 is 1.38. The summed E-state index contributed by atoms with van der Waals surface area (Å²) in [5, 5.41) is 2.85. The minimum Gasteiger partial charge on any atom is -0.288 e. The molecule has 0 fully saturated rings. The normalized spacial score (nSPS) is 12.6. The quantitative estimate of drug-likeness (QED) is 0.769. The van der Waals surface area contributed by atoms with E-state index in [1.807, 2.05) is 12.1 Å². The minimum atomic E-state index is 0.167. The predicted molar refractivity (Wildman–Crippen MR) is 70.6 cm³/mol. The minimum absolute atomic E-state index is 0.167. The molecule has 0 N–H and O–H groups in total. The second kappa shape index (κ2) is 4.71. The Labute approximate surface area is 99.9 Å². The van der Waals surface area contributed by atoms with Crippen LogP contribution in [0.5, 0.6) is 0 Å². The van der Waals surface area contributed by atoms with E-state index in [0.717, 1.165) is 0 Å². The van der Waals surface area contributed by atoms with E-state index in [2.05, 4.69) is 37.3 Å². The smallest absolute Gasteiger partial charge is 0.186 e. The third-order valence-electron chi connectivity index (χ3n) is 2.60. The predicted octanol–water partition coefficient (Wildman–Crippen LogP) is 4.18. The van der Waals surface area contributed by atoms with Gasteiger partial charge in [0, 0.05) is 12.2 Å². The fourth-order valence-electron chi connectivity index (χ4n) is 1.92. The number of fused-ring (bicyclic) bond motifs is 1. The van der Waals surface area contributed by atoms with Gasteiger partial charge in [-0.2, -0.15) is 0 Å². The summed E-state index contributed by atoms with van der Waals surface area (Å²) in [5.74, 6) is 0. The van der Waals surface area contributed by atoms with Crippen LogP contribution in [0.2, 0.25) is 0 Å². The second-order valence-electron chi connectivity index (χ2n) is 3.82. The van der Waals surface area contributed by atoms with Gasteiger partial charge in [-0.25, -0.2) is 0 Å². The fourth-order valence-corrected chi connectivity index (χ4v) is 2.75. The van der Waals surface area contributed by atoms with Crippen molar-refractivity contribution in [1.29, 1.82) is 0 Å². The molecule has 0 bridgehead atoms. The first-order valence-electron chi connectivity index (χ1n) is 5.33. The maximum absolute atomic E-state index is 11.1. The molecule has 2 aromatic rings. The molecule has 82 valence electrons. The van der Waals surface area contributed by atoms with E-state index in [1.54, 1.807) is 6.92 Å². The number of benzene rings is 2. The van der Waals surface area contributed by atoms with Gasteiger partial charge < -0.3 is 0 Å². The van der Waals surface area contributed by atoms with Crippen molar-refractivity contribution in [2.24, 2.45) is 0 Å². The van der Waals surface area contributed by atoms with Gasteiger partial charge in [-0.1, -0.05) is 54.2 Å². The Kier molecular flexibility index (Phi) is 3.30. The third-order valence-corrected chi connectivity index (χ3v) is 3.54. The van der Waals surface area contributed by atoms with Crippen LogP contribution in [0.4, 0.5) is 0 Å². The van der Waals surface area contributed by atoms with Crippen molar-refractivity contribution in [3.05, 3.63) is 48.0 Å². The lowest BCUT2D eigenvalue weighted by atomic mass is 10.0. The summed E-state index contributed by atoms with van der Waals surface area (Å²) in [6.45, 7) is 3.69. The number of carbonyl (C=O) groups excluding carboxylic acids is 1. The van der Waals surface area contributed by atoms with Gasteiger partial charge in [-0.3, -0.25) is 4.79 Å². The highest BCUT2D eigenvalue weighted by molar-refractivity contribution is 8.13. The Morgan fingerprint density at radius 1 is 1.12 bits per heavy atom. The molecular formula is C14H14OS. The highest BCUT2D eigenvalue weighted by Crippen LogP contribution is 2.33. The lowest BCUT2D eigenvalue weighted by Gasteiger charge is -2.12. The van der Waals surface area contributed by atoms with E-state index in [1.165, 1.54) is 28.1 Å². The summed E-state index contributed by atoms with van der Waals surface area (Å²) < 4.78 is 0. The monoisotopic (exact) mass is 230 g/mol. The molecule has 2 rings (SSSR count). The van der Waals surface area contributed by atoms with Crippen LogP contribution in [0.3, 0.4) is 0 Å². The van der Waals surface area contributed by atoms with Crippen LogP contribution in [0.1, 0.15) is 24.7 Å². The molecule has 1 unspecified atom stereocenters. The Bertz CT molecular complexity index is 514. The van der Waals surface area contributed by atoms with Gasteiger partial charge in [-0.05, 0) is 23.3 Å². The number of hydrogen-bond donors (Lipinski definition) is 0. The van der Waals surface area contributed by atoms with Crippen LogP contribution < -0.4 is 0 Å². The molecule has 16 heavy (non-hydrogen) atoms. The maximum Gasteiger partial charge on any atom is 0.186 e. The van der Waals surface area contributed by atoms with Crippen molar-refractivity contribution in [3.63, 3.8) is 0 Å². The van der Waals surface area contributed by atoms with Crippen LogP contribution in [0, 0.1) is 0 Å². The Hall–Kier alpha value is -1.28. The van der Waals surface area contributed by atoms with E-state index >= 15 is 0 Å². The molecule has 0 saturated carbocycles. The SMILES string of the molecule is CC(=O)SC(C)c1cccc2ccccc12. The number of carbonyl (C=O) groups is 1. The lowest BCUT2D eigenvalue weighted by molar-refractivity contribution is -0.109. The molecule has 0 heterocycles. The van der Waals surface area contributed by atoms with Crippen LogP contribution >= 0.6 is 11.8 Å². The zero-order valence-corrected chi connectivity index (χ0v) is 10.3. The van der Waals surface area contributed by atoms with Crippen molar-refractivity contribution < 1.29 is 4.79 Å². The van der Waals surface area contributed by atoms with Crippen molar-refractivity contribution >= 4 is 27.6 Å². The van der Waals surface area contributed by atoms with Gasteiger partial charge in [0.2, 0.25) is 0 Å². The molecule has 0 amide bonds. The van der Waals surface area contributed by atoms with Crippen LogP contribution in [-0.2, 0) is 4.79 Å². The highest BCUT2D eigenvalue weighted by Gasteiger charge is 2.11. The van der Waals surface area contributed by atoms with E-state index in [-0.39, 0.29) is 10.4 Å². The molecule has 0 aliphatic heterocycles. The topological polar surface area (TPSA) is 17.1 Å². The Balaban J connectivity index is 2.47. The van der Waals surface area contributed by atoms with Gasteiger partial charge in [0.15, 0.2) is 5.12 Å². The zero-order valence-electron chi connectivity index (χ0n) is 9.44. The summed E-state index contributed by atoms with van der Waals surface area (Å²) in [5.41, 5.74) is 1.23. The molecule has 2 aromatic carbocycles. The van der Waals surface area contributed by atoms with Crippen molar-refractivity contribution in [2.45, 2.75) is 19.1 Å². The molecular weight excluding hydrogens is 216 g/mol. The average molecular weight is 230 g/mol. The Morgan fingerprint density at radius 3 is 2.56 bits per heavy atom. The molecule has 1 nitrogen and oxygen atoms in total. The van der Waals surface area contributed by atoms with Crippen molar-refractivity contribution in [2.75, 3.05) is 0 Å². The van der Waals surface area contributed by atoms with Gasteiger partial charge in [0.05, 0.1) is 0 Å². The van der Waals surface area contributed by atoms with E-state index < -0.39 is 0 Å². The molecule has 2 heteroatoms. The number of thioether (sulfide) groups is 1. The first kappa shape index (κ1) is 11.2. The Morgan fingerprint density at radius 2 is 1.81 bits per heavy atom. The maximum atomic E-state index is 11.1. The van der Waals surface area contributed by atoms with Gasteiger partial charge >= 0.3 is 0 Å². The summed E-state index contributed by atoms with van der Waals surface area (Å²) in [4.78, 5) is 11.1. The molecule has 0 radical (unpaired) electrons. The highest BCUT2D eigenvalue weighted by atomic mass is 32.2. The molecule has 0 saturated heterocycles. The largest absolute Gasteiger partial charge is 0.288 e. The molecule has 0 aliphatic rings. The van der Waals surface area contributed by atoms with Crippen LogP contribution in [0.25, 0.3) is 10.8 Å². The lowest BCUT2D eigenvalue weighted by Crippen LogP contribution is -1.93. The number of hydrogen-bond acceptors (Lipinski definition) is 2. The van der Waals surface area contributed by atoms with Crippen LogP contribution in [0.15, 0.2) is 42.5 Å². The standard InChI is InChI=1S/C14H14OS/c1-10(16-11(2)15)13-9-5-7-12-6-3-4-8-14(12)13/h3-10H,1-2H3. The van der Waals surface area contributed by atoms with E-state index in [4.69, 9.17) is 0 Å². The first-order valence-corrected chi connectivity index (χ1v) is 6.21. The molecule has 0 aromatic heterocycles. The number of rotatable bonds is 2. The van der Waals surface area contributed by atoms with Gasteiger partial charge in [-0.15, -0.1) is 0 Å². The van der Waals surface area contributed by atoms with Gasteiger partial charge in [0.1, 0.15) is 0 Å².